The van der Waals surface area contributed by atoms with Crippen LogP contribution in [0, 0.1) is 0 Å². The number of furan rings is 1. The zero-order chi connectivity index (χ0) is 14.8. The van der Waals surface area contributed by atoms with Crippen LogP contribution in [0.2, 0.25) is 5.02 Å². The second-order valence-corrected chi connectivity index (χ2v) is 5.68. The zero-order valence-electron chi connectivity index (χ0n) is 11.9. The van der Waals surface area contributed by atoms with Gasteiger partial charge >= 0.3 is 0 Å². The average molecular weight is 305 g/mol. The van der Waals surface area contributed by atoms with Crippen LogP contribution in [-0.2, 0) is 0 Å². The number of carbonyl (C=O) groups excluding carboxylic acids is 1. The summed E-state index contributed by atoms with van der Waals surface area (Å²) in [4.78, 5) is 15.3. The predicted octanol–water partition coefficient (Wildman–Crippen LogP) is 3.16. The number of hydrogen-bond donors (Lipinski definition) is 0. The van der Waals surface area contributed by atoms with Crippen LogP contribution in [0.5, 0.6) is 0 Å². The molecule has 110 valence electrons. The van der Waals surface area contributed by atoms with E-state index in [0.717, 1.165) is 37.4 Å². The number of benzene rings is 1. The van der Waals surface area contributed by atoms with Crippen molar-refractivity contribution in [2.24, 2.45) is 0 Å². The van der Waals surface area contributed by atoms with Gasteiger partial charge in [0.1, 0.15) is 5.76 Å². The Hall–Kier alpha value is -1.78. The second-order valence-electron chi connectivity index (χ2n) is 5.27. The number of carbonyl (C=O) groups is 1. The largest absolute Gasteiger partial charge is 0.453 e. The summed E-state index contributed by atoms with van der Waals surface area (Å²) in [5, 5.41) is 0.637. The lowest BCUT2D eigenvalue weighted by Crippen LogP contribution is -2.44. The minimum atomic E-state index is 0.309. The minimum Gasteiger partial charge on any atom is -0.453 e. The molecule has 3 rings (SSSR count). The van der Waals surface area contributed by atoms with E-state index in [0.29, 0.717) is 22.8 Å². The van der Waals surface area contributed by atoms with Crippen molar-refractivity contribution in [3.05, 3.63) is 41.1 Å². The zero-order valence-corrected chi connectivity index (χ0v) is 12.6. The molecule has 0 bridgehead atoms. The van der Waals surface area contributed by atoms with Crippen molar-refractivity contribution < 1.29 is 9.21 Å². The summed E-state index contributed by atoms with van der Waals surface area (Å²) in [7, 11) is 2.13. The molecule has 5 heteroatoms. The van der Waals surface area contributed by atoms with Crippen LogP contribution in [-0.4, -0.2) is 44.4 Å². The molecule has 0 unspecified atom stereocenters. The highest BCUT2D eigenvalue weighted by molar-refractivity contribution is 6.33. The fraction of sp³-hybridized carbons (Fsp3) is 0.312. The fourth-order valence-electron chi connectivity index (χ4n) is 2.53. The molecule has 2 aromatic rings. The van der Waals surface area contributed by atoms with Crippen LogP contribution in [0.4, 0.5) is 5.69 Å². The van der Waals surface area contributed by atoms with Gasteiger partial charge in [0.05, 0.1) is 5.02 Å². The third kappa shape index (κ3) is 2.96. The van der Waals surface area contributed by atoms with Gasteiger partial charge in [-0.3, -0.25) is 4.79 Å². The van der Waals surface area contributed by atoms with Crippen LogP contribution in [0.25, 0.3) is 11.3 Å². The van der Waals surface area contributed by atoms with Gasteiger partial charge in [0.15, 0.2) is 12.0 Å². The summed E-state index contributed by atoms with van der Waals surface area (Å²) >= 11 is 6.38. The number of nitrogens with zero attached hydrogens (tertiary/aromatic N) is 2. The molecule has 1 aliphatic heterocycles. The number of aldehydes is 1. The van der Waals surface area contributed by atoms with Gasteiger partial charge < -0.3 is 14.2 Å². The Kier molecular flexibility index (Phi) is 3.99. The Balaban J connectivity index is 1.84. The molecule has 0 saturated carbocycles. The molecule has 1 aliphatic rings. The molecule has 0 radical (unpaired) electrons. The van der Waals surface area contributed by atoms with Gasteiger partial charge in [0.25, 0.3) is 0 Å². The van der Waals surface area contributed by atoms with E-state index in [1.807, 2.05) is 12.1 Å². The Morgan fingerprint density at radius 2 is 1.90 bits per heavy atom. The van der Waals surface area contributed by atoms with Gasteiger partial charge in [-0.15, -0.1) is 0 Å². The minimum absolute atomic E-state index is 0.309. The van der Waals surface area contributed by atoms with Crippen LogP contribution in [0.3, 0.4) is 0 Å². The van der Waals surface area contributed by atoms with Gasteiger partial charge in [-0.25, -0.2) is 0 Å². The highest BCUT2D eigenvalue weighted by Crippen LogP contribution is 2.32. The number of halogens is 1. The smallest absolute Gasteiger partial charge is 0.185 e. The maximum Gasteiger partial charge on any atom is 0.185 e. The molecule has 4 nitrogen and oxygen atoms in total. The van der Waals surface area contributed by atoms with Crippen LogP contribution >= 0.6 is 11.6 Å². The van der Waals surface area contributed by atoms with Crippen LogP contribution < -0.4 is 4.90 Å². The SMILES string of the molecule is CN1CCN(c2ccc(-c3ccc(C=O)o3)c(Cl)c2)CC1. The molecule has 0 atom stereocenters. The first kappa shape index (κ1) is 14.2. The monoisotopic (exact) mass is 304 g/mol. The van der Waals surface area contributed by atoms with Gasteiger partial charge in [-0.1, -0.05) is 11.6 Å². The third-order valence-electron chi connectivity index (χ3n) is 3.83. The molecule has 0 N–H and O–H groups in total. The van der Waals surface area contributed by atoms with E-state index in [1.54, 1.807) is 12.1 Å². The van der Waals surface area contributed by atoms with E-state index >= 15 is 0 Å². The Labute approximate surface area is 128 Å². The van der Waals surface area contributed by atoms with E-state index in [4.69, 9.17) is 16.0 Å². The summed E-state index contributed by atoms with van der Waals surface area (Å²) < 4.78 is 5.43. The molecule has 1 aromatic heterocycles. The molecular weight excluding hydrogens is 288 g/mol. The van der Waals surface area contributed by atoms with Crippen molar-refractivity contribution in [2.75, 3.05) is 38.1 Å². The topological polar surface area (TPSA) is 36.7 Å². The first-order valence-electron chi connectivity index (χ1n) is 6.96. The Morgan fingerprint density at radius 3 is 2.52 bits per heavy atom. The first-order chi connectivity index (χ1) is 10.2. The van der Waals surface area contributed by atoms with Crippen LogP contribution in [0.1, 0.15) is 10.6 Å². The number of rotatable bonds is 3. The third-order valence-corrected chi connectivity index (χ3v) is 4.14. The number of piperazine rings is 1. The average Bonchev–Trinajstić information content (AvgIpc) is 2.96. The lowest BCUT2D eigenvalue weighted by molar-refractivity contribution is 0.110. The van der Waals surface area contributed by atoms with Gasteiger partial charge in [0, 0.05) is 37.4 Å². The highest BCUT2D eigenvalue weighted by Gasteiger charge is 2.16. The van der Waals surface area contributed by atoms with E-state index in [-0.39, 0.29) is 0 Å². The van der Waals surface area contributed by atoms with Crippen molar-refractivity contribution in [3.63, 3.8) is 0 Å². The fourth-order valence-corrected chi connectivity index (χ4v) is 2.79. The standard InChI is InChI=1S/C16H17ClN2O2/c1-18-6-8-19(9-7-18)12-2-4-14(15(17)10-12)16-5-3-13(11-20)21-16/h2-5,10-11H,6-9H2,1H3. The Morgan fingerprint density at radius 1 is 1.14 bits per heavy atom. The number of likely N-dealkylation sites (N-methyl/N-ethyl adjacent to an activating group) is 1. The van der Waals surface area contributed by atoms with Gasteiger partial charge in [-0.2, -0.15) is 0 Å². The summed E-state index contributed by atoms with van der Waals surface area (Å²) in [6, 6.07) is 9.37. The maximum atomic E-state index is 10.7. The molecule has 2 heterocycles. The molecule has 1 aromatic carbocycles. The van der Waals surface area contributed by atoms with Crippen LogP contribution in [0.15, 0.2) is 34.7 Å². The molecule has 1 saturated heterocycles. The summed E-state index contributed by atoms with van der Waals surface area (Å²) in [6.45, 7) is 4.12. The quantitative estimate of drug-likeness (QED) is 0.816. The van der Waals surface area contributed by atoms with E-state index in [9.17, 15) is 4.79 Å². The molecule has 0 amide bonds. The summed E-state index contributed by atoms with van der Waals surface area (Å²) in [6.07, 6.45) is 0.690. The van der Waals surface area contributed by atoms with Gasteiger partial charge in [0.2, 0.25) is 0 Å². The van der Waals surface area contributed by atoms with Crippen molar-refractivity contribution in [3.8, 4) is 11.3 Å². The van der Waals surface area contributed by atoms with E-state index < -0.39 is 0 Å². The number of anilines is 1. The first-order valence-corrected chi connectivity index (χ1v) is 7.33. The molecule has 0 spiro atoms. The molecule has 21 heavy (non-hydrogen) atoms. The van der Waals surface area contributed by atoms with Crippen molar-refractivity contribution in [2.45, 2.75) is 0 Å². The molecular formula is C16H17ClN2O2. The highest BCUT2D eigenvalue weighted by atomic mass is 35.5. The van der Waals surface area contributed by atoms with Crippen molar-refractivity contribution in [1.82, 2.24) is 4.90 Å². The maximum absolute atomic E-state index is 10.7. The molecule has 0 aliphatic carbocycles. The van der Waals surface area contributed by atoms with Crippen molar-refractivity contribution in [1.29, 1.82) is 0 Å². The normalized spacial score (nSPS) is 16.2. The second kappa shape index (κ2) is 5.92. The molecule has 1 fully saturated rings. The number of hydrogen-bond acceptors (Lipinski definition) is 4. The van der Waals surface area contributed by atoms with E-state index in [1.165, 1.54) is 0 Å². The Bertz CT molecular complexity index is 645. The van der Waals surface area contributed by atoms with E-state index in [2.05, 4.69) is 22.9 Å². The lowest BCUT2D eigenvalue weighted by Gasteiger charge is -2.34. The lowest BCUT2D eigenvalue weighted by atomic mass is 10.1. The van der Waals surface area contributed by atoms with Crippen molar-refractivity contribution >= 4 is 23.6 Å². The van der Waals surface area contributed by atoms with Gasteiger partial charge in [-0.05, 0) is 37.4 Å². The summed E-state index contributed by atoms with van der Waals surface area (Å²) in [5.41, 5.74) is 1.93. The predicted molar refractivity (Wildman–Crippen MR) is 84.3 cm³/mol. The summed E-state index contributed by atoms with van der Waals surface area (Å²) in [5.74, 6) is 0.927.